The van der Waals surface area contributed by atoms with Crippen LogP contribution in [0.3, 0.4) is 0 Å². The Morgan fingerprint density at radius 2 is 0.661 bits per heavy atom. The van der Waals surface area contributed by atoms with Crippen molar-refractivity contribution in [1.29, 1.82) is 0 Å². The van der Waals surface area contributed by atoms with Gasteiger partial charge in [-0.2, -0.15) is 0 Å². The Kier molecular flexibility index (Phi) is 43.2. The van der Waals surface area contributed by atoms with Crippen molar-refractivity contribution in [2.45, 2.75) is 242 Å². The van der Waals surface area contributed by atoms with Crippen molar-refractivity contribution >= 4 is 22.2 Å². The Morgan fingerprint density at radius 1 is 0.387 bits per heavy atom. The molecular weight excluding hydrogens is 934 g/mol. The van der Waals surface area contributed by atoms with Gasteiger partial charge in [0.15, 0.2) is 0 Å². The zero-order valence-electron chi connectivity index (χ0n) is 45.7. The van der Waals surface area contributed by atoms with Crippen LogP contribution in [0.4, 0.5) is 0 Å². The summed E-state index contributed by atoms with van der Waals surface area (Å²) in [5.74, 6) is 13.3. The van der Waals surface area contributed by atoms with Crippen LogP contribution in [0, 0.1) is 130 Å². The van der Waals surface area contributed by atoms with Gasteiger partial charge in [-0.05, 0) is 109 Å². The van der Waals surface area contributed by atoms with Crippen molar-refractivity contribution in [3.63, 3.8) is 0 Å². The molecule has 0 N–H and O–H groups in total. The second-order valence-corrected chi connectivity index (χ2v) is 31.3. The molecular formula is C58H117AlSiZr2. The molecule has 62 heavy (non-hydrogen) atoms. The van der Waals surface area contributed by atoms with E-state index in [0.717, 1.165) is 59.2 Å². The summed E-state index contributed by atoms with van der Waals surface area (Å²) >= 11 is -0.624. The Hall–Kier alpha value is 2.52. The molecule has 0 aromatic heterocycles. The fraction of sp³-hybridized carbons (Fsp3) is 0.862. The van der Waals surface area contributed by atoms with Gasteiger partial charge in [-0.3, -0.25) is 0 Å². The summed E-state index contributed by atoms with van der Waals surface area (Å²) in [6.07, 6.45) is 40.7. The van der Waals surface area contributed by atoms with E-state index in [1.54, 1.807) is 139 Å². The number of hydrogen-bond acceptors (Lipinski definition) is 0. The van der Waals surface area contributed by atoms with Crippen molar-refractivity contribution in [3.8, 4) is 0 Å². The Bertz CT molecular complexity index is 947. The van der Waals surface area contributed by atoms with Gasteiger partial charge in [0.05, 0.1) is 0 Å². The predicted octanol–water partition coefficient (Wildman–Crippen LogP) is 20.2. The summed E-state index contributed by atoms with van der Waals surface area (Å²) in [5, 5.41) is 3.28. The van der Waals surface area contributed by atoms with Crippen LogP contribution in [-0.4, -0.2) is 22.2 Å². The maximum atomic E-state index is 3.04. The van der Waals surface area contributed by atoms with Crippen molar-refractivity contribution in [2.24, 2.45) is 71.0 Å². The first-order chi connectivity index (χ1) is 25.2. The molecule has 0 radical (unpaired) electrons. The molecule has 0 amide bonds. The molecule has 8 fully saturated rings. The first kappa shape index (κ1) is 73.5. The van der Waals surface area contributed by atoms with Crippen LogP contribution in [0.1, 0.15) is 208 Å². The average Bonchev–Trinajstić information content (AvgIpc) is 3.96. The molecule has 8 aliphatic carbocycles. The van der Waals surface area contributed by atoms with Crippen LogP contribution >= 0.6 is 0 Å². The molecule has 8 rings (SSSR count). The van der Waals surface area contributed by atoms with Gasteiger partial charge in [0.2, 0.25) is 0 Å². The van der Waals surface area contributed by atoms with Crippen LogP contribution in [-0.2, 0) is 52.4 Å². The zero-order valence-corrected chi connectivity index (χ0v) is 52.7. The molecule has 8 saturated carbocycles. The number of fused-ring (bicyclic) bond motifs is 4. The van der Waals surface area contributed by atoms with E-state index >= 15 is 0 Å². The minimum atomic E-state index is -1.23. The fourth-order valence-electron chi connectivity index (χ4n) is 16.6. The van der Waals surface area contributed by atoms with E-state index in [0.29, 0.717) is 0 Å². The van der Waals surface area contributed by atoms with E-state index in [9.17, 15) is 0 Å². The Morgan fingerprint density at radius 3 is 0.968 bits per heavy atom. The van der Waals surface area contributed by atoms with E-state index in [-0.39, 0.29) is 112 Å². The fourth-order valence-corrected chi connectivity index (χ4v) is 33.3. The summed E-state index contributed by atoms with van der Waals surface area (Å²) in [6.45, 7) is 17.9. The summed E-state index contributed by atoms with van der Waals surface area (Å²) in [6, 6.07) is 0. The molecule has 0 saturated heterocycles. The molecule has 0 aliphatic heterocycles. The SMILES string of the molecule is CC(C)[CH2][Al]([CH2]C(C)C)[CH2][Si](C)(C1CCC2CCCCC21)C1CCC2CCCCC21.CCC1CCC2CCCCC12.CCC1CCC2CCCCC12.[CH3-].[CH3-].[CH3-].[CH3-].[CH3-].[CH3-].[CH3-].[CH3-].[Zr+4].[Zr+4]. The molecule has 12 atom stereocenters. The molecule has 0 heterocycles. The topological polar surface area (TPSA) is 0 Å². The summed E-state index contributed by atoms with van der Waals surface area (Å²) in [4.78, 5) is 1.84. The third-order valence-electron chi connectivity index (χ3n) is 18.7. The van der Waals surface area contributed by atoms with Gasteiger partial charge in [-0.25, -0.2) is 0 Å². The second kappa shape index (κ2) is 36.5. The molecule has 0 aromatic rings. The van der Waals surface area contributed by atoms with Gasteiger partial charge in [0.25, 0.3) is 14.1 Å². The van der Waals surface area contributed by atoms with Gasteiger partial charge >= 0.3 is 52.4 Å². The maximum absolute atomic E-state index is 3.04. The molecule has 0 aromatic carbocycles. The van der Waals surface area contributed by atoms with Crippen molar-refractivity contribution in [3.05, 3.63) is 59.4 Å². The first-order valence-electron chi connectivity index (χ1n) is 25.2. The second-order valence-electron chi connectivity index (χ2n) is 22.5. The number of hydrogen-bond donors (Lipinski definition) is 0. The molecule has 0 spiro atoms. The molecule has 0 nitrogen and oxygen atoms in total. The monoisotopic (exact) mass is 1050 g/mol. The normalized spacial score (nSPS) is 34.2. The van der Waals surface area contributed by atoms with Crippen molar-refractivity contribution < 1.29 is 52.4 Å². The van der Waals surface area contributed by atoms with Crippen molar-refractivity contribution in [2.75, 3.05) is 0 Å². The van der Waals surface area contributed by atoms with Crippen LogP contribution in [0.5, 0.6) is 0 Å². The smallest absolute Gasteiger partial charge is 0.358 e. The quantitative estimate of drug-likeness (QED) is 0.151. The van der Waals surface area contributed by atoms with Crippen LogP contribution in [0.15, 0.2) is 0 Å². The van der Waals surface area contributed by atoms with E-state index in [4.69, 9.17) is 0 Å². The van der Waals surface area contributed by atoms with E-state index < -0.39 is 22.2 Å². The summed E-state index contributed by atoms with van der Waals surface area (Å²) in [7, 11) is -1.23. The summed E-state index contributed by atoms with van der Waals surface area (Å²) < 4.78 is 0. The van der Waals surface area contributed by atoms with Crippen LogP contribution in [0.25, 0.3) is 0 Å². The zero-order chi connectivity index (χ0) is 36.7. The van der Waals surface area contributed by atoms with Gasteiger partial charge < -0.3 is 59.4 Å². The summed E-state index contributed by atoms with van der Waals surface area (Å²) in [5.41, 5.74) is 2.45. The third kappa shape index (κ3) is 19.0. The van der Waals surface area contributed by atoms with E-state index in [1.807, 2.05) is 4.91 Å². The van der Waals surface area contributed by atoms with E-state index in [1.165, 1.54) is 61.4 Å². The van der Waals surface area contributed by atoms with Crippen molar-refractivity contribution in [1.82, 2.24) is 0 Å². The first-order valence-corrected chi connectivity index (χ1v) is 30.5. The minimum Gasteiger partial charge on any atom is -0.358 e. The molecule has 4 heteroatoms. The third-order valence-corrected chi connectivity index (χ3v) is 32.6. The minimum absolute atomic E-state index is 0. The van der Waals surface area contributed by atoms with Gasteiger partial charge in [0.1, 0.15) is 0 Å². The van der Waals surface area contributed by atoms with Gasteiger partial charge in [-0.15, -0.1) is 0 Å². The molecule has 12 unspecified atom stereocenters. The van der Waals surface area contributed by atoms with Crippen LogP contribution in [0.2, 0.25) is 33.1 Å². The predicted molar refractivity (Wildman–Crippen MR) is 287 cm³/mol. The largest absolute Gasteiger partial charge is 4.00 e. The average molecular weight is 1050 g/mol. The Balaban J connectivity index is -0.000000285. The Labute approximate surface area is 442 Å². The van der Waals surface area contributed by atoms with E-state index in [2.05, 4.69) is 48.1 Å². The van der Waals surface area contributed by atoms with Gasteiger partial charge in [0, 0.05) is 8.07 Å². The molecule has 8 aliphatic rings. The van der Waals surface area contributed by atoms with Gasteiger partial charge in [-0.1, -0.05) is 204 Å². The van der Waals surface area contributed by atoms with Crippen LogP contribution < -0.4 is 0 Å². The molecule has 364 valence electrons. The standard InChI is InChI=1S/C20H35Si.2C11H20.2C4H9.8CH3.Al.2Zr/c1-21(2,19-13-11-15-7-3-5-9-17(15)19)20-14-12-16-8-4-6-10-18(16)20;2*1-2-9-7-8-10-5-3-4-6-11(9)10;2*1-4(2)3;;;;;;;;;;;/h15-20H,1,3-14H2,2H3;2*9-11H,2-8H2,1H3;2*4H,1H2,2-3H3;8*1H3;;;/q;;;;;8*-1;;2*+4. The maximum Gasteiger partial charge on any atom is 4.00 e. The molecule has 0 bridgehead atoms. The number of rotatable bonds is 10.